The zero-order valence-electron chi connectivity index (χ0n) is 8.48. The Labute approximate surface area is 92.6 Å². The predicted octanol–water partition coefficient (Wildman–Crippen LogP) is 0.773. The highest BCUT2D eigenvalue weighted by atomic mass is 19.4. The maximum atomic E-state index is 12.5. The average molecular weight is 252 g/mol. The summed E-state index contributed by atoms with van der Waals surface area (Å²) in [5.41, 5.74) is -1.92. The van der Waals surface area contributed by atoms with Crippen LogP contribution in [0.1, 0.15) is 16.2 Å². The van der Waals surface area contributed by atoms with Crippen LogP contribution in [0.15, 0.2) is 6.07 Å². The molecule has 1 aromatic heterocycles. The molecule has 0 saturated heterocycles. The van der Waals surface area contributed by atoms with Crippen LogP contribution in [0.4, 0.5) is 13.2 Å². The lowest BCUT2D eigenvalue weighted by atomic mass is 10.3. The fraction of sp³-hybridized carbons (Fsp3) is 0.375. The second-order valence-electron chi connectivity index (χ2n) is 2.96. The molecule has 6 nitrogen and oxygen atoms in total. The van der Waals surface area contributed by atoms with Crippen LogP contribution in [0.5, 0.6) is 0 Å². The minimum absolute atomic E-state index is 0.189. The monoisotopic (exact) mass is 252 g/mol. The first-order valence-electron chi connectivity index (χ1n) is 4.21. The van der Waals surface area contributed by atoms with Crippen LogP contribution >= 0.6 is 0 Å². The summed E-state index contributed by atoms with van der Waals surface area (Å²) in [7, 11) is 0.978. The number of methoxy groups -OCH3 is 1. The summed E-state index contributed by atoms with van der Waals surface area (Å²) in [6.07, 6.45) is -4.80. The van der Waals surface area contributed by atoms with E-state index in [2.05, 4.69) is 9.84 Å². The predicted molar refractivity (Wildman–Crippen MR) is 46.2 cm³/mol. The molecule has 0 fully saturated rings. The molecule has 0 aromatic carbocycles. The van der Waals surface area contributed by atoms with Gasteiger partial charge >= 0.3 is 18.1 Å². The van der Waals surface area contributed by atoms with Crippen molar-refractivity contribution in [1.82, 2.24) is 9.78 Å². The average Bonchev–Trinajstić information content (AvgIpc) is 2.59. The fourth-order valence-electron chi connectivity index (χ4n) is 1.10. The molecule has 0 spiro atoms. The zero-order chi connectivity index (χ0) is 13.2. The Bertz CT molecular complexity index is 452. The van der Waals surface area contributed by atoms with E-state index in [1.807, 2.05) is 0 Å². The van der Waals surface area contributed by atoms with Gasteiger partial charge in [0, 0.05) is 6.07 Å². The van der Waals surface area contributed by atoms with Crippen molar-refractivity contribution in [1.29, 1.82) is 0 Å². The first kappa shape index (κ1) is 13.0. The number of alkyl halides is 3. The third-order valence-corrected chi connectivity index (χ3v) is 1.75. The van der Waals surface area contributed by atoms with Crippen molar-refractivity contribution in [2.75, 3.05) is 7.11 Å². The molecule has 0 bridgehead atoms. The van der Waals surface area contributed by atoms with Crippen LogP contribution in [-0.4, -0.2) is 33.9 Å². The highest BCUT2D eigenvalue weighted by Gasteiger charge is 2.37. The highest BCUT2D eigenvalue weighted by Crippen LogP contribution is 2.29. The van der Waals surface area contributed by atoms with Gasteiger partial charge in [-0.2, -0.15) is 18.3 Å². The second kappa shape index (κ2) is 4.44. The van der Waals surface area contributed by atoms with Crippen LogP contribution in [0.3, 0.4) is 0 Å². The first-order chi connectivity index (χ1) is 7.75. The van der Waals surface area contributed by atoms with Gasteiger partial charge in [-0.1, -0.05) is 0 Å². The van der Waals surface area contributed by atoms with Gasteiger partial charge in [-0.3, -0.25) is 4.79 Å². The number of ether oxygens (including phenoxy) is 1. The van der Waals surface area contributed by atoms with Gasteiger partial charge in [-0.05, 0) is 0 Å². The summed E-state index contributed by atoms with van der Waals surface area (Å²) in [6, 6.07) is 0.439. The van der Waals surface area contributed by atoms with Crippen molar-refractivity contribution >= 4 is 11.9 Å². The summed E-state index contributed by atoms with van der Waals surface area (Å²) < 4.78 is 41.8. The van der Waals surface area contributed by atoms with Gasteiger partial charge in [0.25, 0.3) is 0 Å². The molecular weight excluding hydrogens is 245 g/mol. The number of aromatic nitrogens is 2. The van der Waals surface area contributed by atoms with Crippen molar-refractivity contribution in [2.45, 2.75) is 12.7 Å². The molecule has 0 aliphatic heterocycles. The lowest BCUT2D eigenvalue weighted by Gasteiger charge is -2.07. The molecule has 0 aliphatic rings. The molecule has 1 heterocycles. The molecule has 0 radical (unpaired) electrons. The van der Waals surface area contributed by atoms with E-state index in [0.29, 0.717) is 6.07 Å². The number of rotatable bonds is 3. The quantitative estimate of drug-likeness (QED) is 0.803. The van der Waals surface area contributed by atoms with Gasteiger partial charge in [0.2, 0.25) is 0 Å². The molecule has 0 aliphatic carbocycles. The molecule has 0 amide bonds. The Kier molecular flexibility index (Phi) is 3.39. The van der Waals surface area contributed by atoms with E-state index in [0.717, 1.165) is 7.11 Å². The summed E-state index contributed by atoms with van der Waals surface area (Å²) in [6.45, 7) is -0.994. The molecule has 1 aromatic rings. The third kappa shape index (κ3) is 2.95. The zero-order valence-corrected chi connectivity index (χ0v) is 8.48. The van der Waals surface area contributed by atoms with Crippen molar-refractivity contribution in [3.63, 3.8) is 0 Å². The summed E-state index contributed by atoms with van der Waals surface area (Å²) in [4.78, 5) is 21.3. The number of esters is 1. The number of carbonyl (C=O) groups excluding carboxylic acids is 1. The van der Waals surface area contributed by atoms with E-state index in [9.17, 15) is 22.8 Å². The Morgan fingerprint density at radius 3 is 2.53 bits per heavy atom. The largest absolute Gasteiger partial charge is 0.480 e. The standard InChI is InChI=1S/C8H7F3N2O4/c1-17-7(16)4-2-5(8(9,10)11)13(12-4)3-6(14)15/h2H,3H2,1H3,(H,14,15). The fourth-order valence-corrected chi connectivity index (χ4v) is 1.10. The number of hydrogen-bond acceptors (Lipinski definition) is 4. The van der Waals surface area contributed by atoms with Crippen molar-refractivity contribution in [3.05, 3.63) is 17.5 Å². The van der Waals surface area contributed by atoms with Crippen LogP contribution in [0, 0.1) is 0 Å². The van der Waals surface area contributed by atoms with Gasteiger partial charge in [0.05, 0.1) is 7.11 Å². The number of hydrogen-bond donors (Lipinski definition) is 1. The second-order valence-corrected chi connectivity index (χ2v) is 2.96. The van der Waals surface area contributed by atoms with Crippen LogP contribution in [0.25, 0.3) is 0 Å². The van der Waals surface area contributed by atoms with E-state index < -0.39 is 36.0 Å². The number of halogens is 3. The maximum Gasteiger partial charge on any atom is 0.433 e. The van der Waals surface area contributed by atoms with Gasteiger partial charge in [-0.15, -0.1) is 0 Å². The number of nitrogens with zero attached hydrogens (tertiary/aromatic N) is 2. The normalized spacial score (nSPS) is 11.3. The maximum absolute atomic E-state index is 12.5. The van der Waals surface area contributed by atoms with Crippen molar-refractivity contribution in [3.8, 4) is 0 Å². The molecule has 0 saturated carbocycles. The van der Waals surface area contributed by atoms with E-state index in [1.54, 1.807) is 0 Å². The molecule has 94 valence electrons. The lowest BCUT2D eigenvalue weighted by molar-refractivity contribution is -0.147. The minimum atomic E-state index is -4.80. The van der Waals surface area contributed by atoms with E-state index in [4.69, 9.17) is 5.11 Å². The Morgan fingerprint density at radius 2 is 2.12 bits per heavy atom. The Balaban J connectivity index is 3.21. The summed E-state index contributed by atoms with van der Waals surface area (Å²) >= 11 is 0. The Hall–Kier alpha value is -2.06. The van der Waals surface area contributed by atoms with Gasteiger partial charge in [0.15, 0.2) is 5.69 Å². The molecule has 17 heavy (non-hydrogen) atoms. The van der Waals surface area contributed by atoms with Crippen LogP contribution < -0.4 is 0 Å². The minimum Gasteiger partial charge on any atom is -0.480 e. The Morgan fingerprint density at radius 1 is 1.53 bits per heavy atom. The number of carbonyl (C=O) groups is 2. The molecule has 1 N–H and O–H groups in total. The van der Waals surface area contributed by atoms with E-state index in [1.165, 1.54) is 0 Å². The summed E-state index contributed by atoms with van der Waals surface area (Å²) in [5, 5.41) is 11.6. The first-order valence-corrected chi connectivity index (χ1v) is 4.21. The number of aliphatic carboxylic acids is 1. The van der Waals surface area contributed by atoms with Crippen LogP contribution in [0.2, 0.25) is 0 Å². The molecule has 1 rings (SSSR count). The van der Waals surface area contributed by atoms with Gasteiger partial charge in [-0.25, -0.2) is 9.48 Å². The van der Waals surface area contributed by atoms with Gasteiger partial charge in [0.1, 0.15) is 12.2 Å². The molecule has 0 unspecified atom stereocenters. The topological polar surface area (TPSA) is 81.4 Å². The van der Waals surface area contributed by atoms with Crippen LogP contribution in [-0.2, 0) is 22.3 Å². The third-order valence-electron chi connectivity index (χ3n) is 1.75. The smallest absolute Gasteiger partial charge is 0.433 e. The SMILES string of the molecule is COC(=O)c1cc(C(F)(F)F)n(CC(=O)O)n1. The van der Waals surface area contributed by atoms with Crippen molar-refractivity contribution in [2.24, 2.45) is 0 Å². The van der Waals surface area contributed by atoms with Gasteiger partial charge < -0.3 is 9.84 Å². The van der Waals surface area contributed by atoms with E-state index in [-0.39, 0.29) is 4.68 Å². The molecule has 9 heteroatoms. The lowest BCUT2D eigenvalue weighted by Crippen LogP contribution is -2.18. The number of carboxylic acids is 1. The molecule has 0 atom stereocenters. The summed E-state index contributed by atoms with van der Waals surface area (Å²) in [5.74, 6) is -2.57. The van der Waals surface area contributed by atoms with E-state index >= 15 is 0 Å². The number of carboxylic acid groups (broad SMARTS) is 1. The molecular formula is C8H7F3N2O4. The van der Waals surface area contributed by atoms with Crippen molar-refractivity contribution < 1.29 is 32.6 Å². The highest BCUT2D eigenvalue weighted by molar-refractivity contribution is 5.87.